The van der Waals surface area contributed by atoms with Crippen LogP contribution in [-0.4, -0.2) is 71.2 Å². The smallest absolute Gasteiger partial charge is 0.259 e. The molecule has 2 N–H and O–H groups in total. The second-order valence-corrected chi connectivity index (χ2v) is 11.1. The molecule has 39 heavy (non-hydrogen) atoms. The predicted molar refractivity (Wildman–Crippen MR) is 147 cm³/mol. The molecule has 0 bridgehead atoms. The SMILES string of the molecule is Cc1ncc(C(=O)NCCN2CCCC2(C)C)cc1NC(=O)c1cnn2cc(-c3cnn(C4CC4)c3)ncc12. The standard InChI is InChI=1S/C28H33N9O2/c1-18-23(11-19(12-30-18)26(38)29-8-10-35-9-4-7-28(35,2)3)34-27(39)22-14-33-37-17-24(31-15-25(22)37)20-13-32-36(16-20)21-5-6-21/h11-17,21H,4-10H2,1-3H3,(H,29,38)(H,34,39). The van der Waals surface area contributed by atoms with Crippen molar-refractivity contribution in [3.63, 3.8) is 0 Å². The lowest BCUT2D eigenvalue weighted by Crippen LogP contribution is -2.43. The number of fused-ring (bicyclic) bond motifs is 1. The molecule has 2 aliphatic rings. The Kier molecular flexibility index (Phi) is 6.38. The first-order chi connectivity index (χ1) is 18.8. The fourth-order valence-corrected chi connectivity index (χ4v) is 5.17. The summed E-state index contributed by atoms with van der Waals surface area (Å²) >= 11 is 0. The highest BCUT2D eigenvalue weighted by molar-refractivity contribution is 6.09. The minimum atomic E-state index is -0.347. The van der Waals surface area contributed by atoms with Crippen LogP contribution in [0.5, 0.6) is 0 Å². The van der Waals surface area contributed by atoms with E-state index in [0.29, 0.717) is 40.6 Å². The molecule has 1 aliphatic heterocycles. The number of amides is 2. The van der Waals surface area contributed by atoms with E-state index in [9.17, 15) is 9.59 Å². The average Bonchev–Trinajstić information content (AvgIpc) is 3.33. The van der Waals surface area contributed by atoms with Crippen LogP contribution in [0.2, 0.25) is 0 Å². The number of pyridine rings is 1. The molecule has 0 aromatic carbocycles. The van der Waals surface area contributed by atoms with E-state index in [1.54, 1.807) is 36.1 Å². The van der Waals surface area contributed by atoms with Gasteiger partial charge in [-0.2, -0.15) is 10.2 Å². The zero-order valence-corrected chi connectivity index (χ0v) is 22.5. The Hall–Kier alpha value is -4.12. The van der Waals surface area contributed by atoms with Crippen molar-refractivity contribution in [1.82, 2.24) is 39.6 Å². The third-order valence-corrected chi connectivity index (χ3v) is 7.80. The largest absolute Gasteiger partial charge is 0.351 e. The van der Waals surface area contributed by atoms with Crippen LogP contribution in [0.4, 0.5) is 5.69 Å². The third kappa shape index (κ3) is 5.14. The van der Waals surface area contributed by atoms with Crippen LogP contribution >= 0.6 is 0 Å². The summed E-state index contributed by atoms with van der Waals surface area (Å²) in [6.07, 6.45) is 14.9. The Labute approximate surface area is 226 Å². The molecule has 0 spiro atoms. The Morgan fingerprint density at radius 3 is 2.67 bits per heavy atom. The van der Waals surface area contributed by atoms with Crippen LogP contribution in [0.3, 0.4) is 0 Å². The molecular formula is C28H33N9O2. The molecule has 2 amide bonds. The molecule has 2 fully saturated rings. The molecule has 0 atom stereocenters. The van der Waals surface area contributed by atoms with E-state index in [1.165, 1.54) is 25.2 Å². The number of carbonyl (C=O) groups excluding carboxylic acids is 2. The van der Waals surface area contributed by atoms with Crippen molar-refractivity contribution in [2.75, 3.05) is 25.0 Å². The Balaban J connectivity index is 1.13. The van der Waals surface area contributed by atoms with Gasteiger partial charge in [-0.25, -0.2) is 4.52 Å². The zero-order chi connectivity index (χ0) is 27.1. The van der Waals surface area contributed by atoms with Gasteiger partial charge in [0, 0.05) is 36.6 Å². The molecule has 1 saturated carbocycles. The number of nitrogens with one attached hydrogen (secondary N) is 2. The number of hydrogen-bond donors (Lipinski definition) is 2. The van der Waals surface area contributed by atoms with E-state index in [-0.39, 0.29) is 17.4 Å². The molecule has 11 heteroatoms. The molecule has 11 nitrogen and oxygen atoms in total. The lowest BCUT2D eigenvalue weighted by Gasteiger charge is -2.31. The maximum atomic E-state index is 13.2. The second-order valence-electron chi connectivity index (χ2n) is 11.1. The van der Waals surface area contributed by atoms with Gasteiger partial charge in [0.1, 0.15) is 0 Å². The third-order valence-electron chi connectivity index (χ3n) is 7.80. The Morgan fingerprint density at radius 2 is 1.90 bits per heavy atom. The highest BCUT2D eigenvalue weighted by Crippen LogP contribution is 2.35. The van der Waals surface area contributed by atoms with Gasteiger partial charge in [0.2, 0.25) is 0 Å². The van der Waals surface area contributed by atoms with Crippen molar-refractivity contribution >= 4 is 23.0 Å². The van der Waals surface area contributed by atoms with Crippen molar-refractivity contribution in [2.24, 2.45) is 0 Å². The van der Waals surface area contributed by atoms with Crippen LogP contribution in [-0.2, 0) is 0 Å². The van der Waals surface area contributed by atoms with Crippen LogP contribution in [0.25, 0.3) is 16.8 Å². The summed E-state index contributed by atoms with van der Waals surface area (Å²) in [6, 6.07) is 2.15. The first-order valence-corrected chi connectivity index (χ1v) is 13.5. The quantitative estimate of drug-likeness (QED) is 0.360. The number of aromatic nitrogens is 6. The summed E-state index contributed by atoms with van der Waals surface area (Å²) < 4.78 is 3.62. The van der Waals surface area contributed by atoms with Crippen LogP contribution in [0, 0.1) is 6.92 Å². The molecule has 4 aromatic heterocycles. The number of anilines is 1. The predicted octanol–water partition coefficient (Wildman–Crippen LogP) is 3.49. The lowest BCUT2D eigenvalue weighted by molar-refractivity contribution is 0.0938. The molecule has 1 aliphatic carbocycles. The van der Waals surface area contributed by atoms with Gasteiger partial charge in [0.15, 0.2) is 0 Å². The number of carbonyl (C=O) groups is 2. The number of likely N-dealkylation sites (tertiary alicyclic amines) is 1. The summed E-state index contributed by atoms with van der Waals surface area (Å²) in [6.45, 7) is 8.68. The normalized spacial score (nSPS) is 17.0. The van der Waals surface area contributed by atoms with E-state index >= 15 is 0 Å². The molecule has 5 heterocycles. The van der Waals surface area contributed by atoms with E-state index in [4.69, 9.17) is 0 Å². The zero-order valence-electron chi connectivity index (χ0n) is 22.5. The summed E-state index contributed by atoms with van der Waals surface area (Å²) in [5.74, 6) is -0.562. The summed E-state index contributed by atoms with van der Waals surface area (Å²) in [7, 11) is 0. The molecule has 202 valence electrons. The summed E-state index contributed by atoms with van der Waals surface area (Å²) in [5.41, 5.74) is 4.26. The highest BCUT2D eigenvalue weighted by Gasteiger charge is 2.31. The van der Waals surface area contributed by atoms with Gasteiger partial charge in [0.25, 0.3) is 11.8 Å². The van der Waals surface area contributed by atoms with Gasteiger partial charge in [-0.3, -0.25) is 29.1 Å². The van der Waals surface area contributed by atoms with Crippen molar-refractivity contribution < 1.29 is 9.59 Å². The van der Waals surface area contributed by atoms with Gasteiger partial charge < -0.3 is 10.6 Å². The number of nitrogens with zero attached hydrogens (tertiary/aromatic N) is 7. The van der Waals surface area contributed by atoms with Crippen molar-refractivity contribution in [1.29, 1.82) is 0 Å². The minimum Gasteiger partial charge on any atom is -0.351 e. The monoisotopic (exact) mass is 527 g/mol. The van der Waals surface area contributed by atoms with Gasteiger partial charge >= 0.3 is 0 Å². The lowest BCUT2D eigenvalue weighted by atomic mass is 10.0. The minimum absolute atomic E-state index is 0.169. The van der Waals surface area contributed by atoms with Crippen LogP contribution in [0.1, 0.15) is 72.0 Å². The van der Waals surface area contributed by atoms with Gasteiger partial charge in [-0.05, 0) is 59.1 Å². The summed E-state index contributed by atoms with van der Waals surface area (Å²) in [4.78, 5) is 37.3. The van der Waals surface area contributed by atoms with E-state index in [1.807, 2.05) is 10.9 Å². The first-order valence-electron chi connectivity index (χ1n) is 13.5. The van der Waals surface area contributed by atoms with Gasteiger partial charge in [0.05, 0.1) is 64.5 Å². The van der Waals surface area contributed by atoms with Crippen molar-refractivity contribution in [3.8, 4) is 11.3 Å². The van der Waals surface area contributed by atoms with Gasteiger partial charge in [-0.1, -0.05) is 0 Å². The molecule has 4 aromatic rings. The van der Waals surface area contributed by atoms with Crippen LogP contribution in [0.15, 0.2) is 43.2 Å². The topological polar surface area (TPSA) is 122 Å². The fourth-order valence-electron chi connectivity index (χ4n) is 5.17. The number of aryl methyl sites for hydroxylation is 1. The summed E-state index contributed by atoms with van der Waals surface area (Å²) in [5, 5.41) is 14.7. The fraction of sp³-hybridized carbons (Fsp3) is 0.429. The Bertz CT molecular complexity index is 1550. The van der Waals surface area contributed by atoms with Crippen molar-refractivity contribution in [2.45, 2.75) is 58.0 Å². The maximum Gasteiger partial charge on any atom is 0.259 e. The average molecular weight is 528 g/mol. The second kappa shape index (κ2) is 9.88. The highest BCUT2D eigenvalue weighted by atomic mass is 16.2. The first kappa shape index (κ1) is 25.2. The van der Waals surface area contributed by atoms with E-state index in [0.717, 1.165) is 37.2 Å². The van der Waals surface area contributed by atoms with Crippen LogP contribution < -0.4 is 10.6 Å². The molecular weight excluding hydrogens is 494 g/mol. The number of rotatable bonds is 8. The maximum absolute atomic E-state index is 13.2. The van der Waals surface area contributed by atoms with Gasteiger partial charge in [-0.15, -0.1) is 0 Å². The molecule has 1 saturated heterocycles. The van der Waals surface area contributed by atoms with E-state index < -0.39 is 0 Å². The number of hydrogen-bond acceptors (Lipinski definition) is 7. The molecule has 0 radical (unpaired) electrons. The van der Waals surface area contributed by atoms with Crippen molar-refractivity contribution in [3.05, 3.63) is 60.1 Å². The molecule has 6 rings (SSSR count). The molecule has 0 unspecified atom stereocenters. The Morgan fingerprint density at radius 1 is 1.05 bits per heavy atom. The van der Waals surface area contributed by atoms with E-state index in [2.05, 4.69) is 49.5 Å².